The van der Waals surface area contributed by atoms with Crippen LogP contribution < -0.4 is 11.3 Å². The van der Waals surface area contributed by atoms with E-state index in [-0.39, 0.29) is 22.8 Å². The molecule has 1 fully saturated rings. The second-order valence-electron chi connectivity index (χ2n) is 6.61. The molecule has 0 bridgehead atoms. The third kappa shape index (κ3) is 2.13. The number of aromatic amines is 1. The number of anilines is 1. The number of hydrogen-bond donors (Lipinski definition) is 2. The highest BCUT2D eigenvalue weighted by atomic mass is 16.3. The number of nitrogen functional groups attached to an aromatic ring is 1. The minimum Gasteiger partial charge on any atom is -0.448 e. The lowest BCUT2D eigenvalue weighted by Crippen LogP contribution is -2.45. The number of rotatable bonds is 1. The van der Waals surface area contributed by atoms with Gasteiger partial charge in [0.1, 0.15) is 5.76 Å². The van der Waals surface area contributed by atoms with Gasteiger partial charge in [0.15, 0.2) is 12.1 Å². The van der Waals surface area contributed by atoms with Crippen LogP contribution in [0.4, 0.5) is 5.95 Å². The summed E-state index contributed by atoms with van der Waals surface area (Å²) >= 11 is 0. The van der Waals surface area contributed by atoms with E-state index in [1.165, 1.54) is 6.39 Å². The summed E-state index contributed by atoms with van der Waals surface area (Å²) < 4.78 is 5.12. The lowest BCUT2D eigenvalue weighted by atomic mass is 9.76. The predicted molar refractivity (Wildman–Crippen MR) is 85.6 cm³/mol. The van der Waals surface area contributed by atoms with Gasteiger partial charge in [-0.15, -0.1) is 0 Å². The van der Waals surface area contributed by atoms with Gasteiger partial charge < -0.3 is 15.1 Å². The lowest BCUT2D eigenvalue weighted by Gasteiger charge is -2.39. The number of amides is 1. The number of aromatic nitrogens is 3. The van der Waals surface area contributed by atoms with Gasteiger partial charge in [0.05, 0.1) is 5.69 Å². The molecule has 0 unspecified atom stereocenters. The number of aryl methyl sites for hydroxylation is 1. The van der Waals surface area contributed by atoms with Crippen molar-refractivity contribution in [2.24, 2.45) is 0 Å². The Morgan fingerprint density at radius 2 is 2.12 bits per heavy atom. The predicted octanol–water partition coefficient (Wildman–Crippen LogP) is 0.769. The molecule has 0 saturated carbocycles. The Labute approximate surface area is 138 Å². The first-order chi connectivity index (χ1) is 11.5. The highest BCUT2D eigenvalue weighted by Crippen LogP contribution is 2.44. The third-order valence-corrected chi connectivity index (χ3v) is 5.34. The number of fused-ring (bicyclic) bond motifs is 2. The molecule has 0 atom stereocenters. The number of hydrogen-bond acceptors (Lipinski definition) is 6. The number of nitrogens with zero attached hydrogens (tertiary/aromatic N) is 3. The summed E-state index contributed by atoms with van der Waals surface area (Å²) in [6, 6.07) is 0. The summed E-state index contributed by atoms with van der Waals surface area (Å²) in [5.41, 5.74) is 7.40. The summed E-state index contributed by atoms with van der Waals surface area (Å²) in [6.45, 7) is 2.95. The summed E-state index contributed by atoms with van der Waals surface area (Å²) in [4.78, 5) is 37.4. The molecule has 1 amide bonds. The normalized spacial score (nSPS) is 18.8. The first kappa shape index (κ1) is 14.9. The number of likely N-dealkylation sites (tertiary alicyclic amines) is 1. The number of nitrogens with two attached hydrogens (primary N) is 1. The number of piperidine rings is 1. The first-order valence-corrected chi connectivity index (χ1v) is 8.09. The van der Waals surface area contributed by atoms with E-state index in [0.29, 0.717) is 31.0 Å². The van der Waals surface area contributed by atoms with Gasteiger partial charge in [-0.3, -0.25) is 14.6 Å². The van der Waals surface area contributed by atoms with Gasteiger partial charge in [-0.1, -0.05) is 0 Å². The second kappa shape index (κ2) is 5.19. The van der Waals surface area contributed by atoms with Crippen molar-refractivity contribution in [1.82, 2.24) is 19.9 Å². The molecule has 3 N–H and O–H groups in total. The monoisotopic (exact) mass is 329 g/mol. The Kier molecular flexibility index (Phi) is 3.22. The van der Waals surface area contributed by atoms with Gasteiger partial charge in [-0.05, 0) is 32.6 Å². The summed E-state index contributed by atoms with van der Waals surface area (Å²) in [7, 11) is 0. The van der Waals surface area contributed by atoms with Crippen molar-refractivity contribution in [3.63, 3.8) is 0 Å². The third-order valence-electron chi connectivity index (χ3n) is 5.34. The molecule has 1 spiro atoms. The van der Waals surface area contributed by atoms with Crippen LogP contribution in [0.5, 0.6) is 0 Å². The molecular formula is C16H19N5O3. The van der Waals surface area contributed by atoms with Crippen LogP contribution in [-0.4, -0.2) is 38.8 Å². The second-order valence-corrected chi connectivity index (χ2v) is 6.61. The van der Waals surface area contributed by atoms with Crippen LogP contribution in [-0.2, 0) is 11.8 Å². The van der Waals surface area contributed by atoms with Crippen molar-refractivity contribution in [2.75, 3.05) is 18.8 Å². The highest BCUT2D eigenvalue weighted by Gasteiger charge is 2.44. The maximum atomic E-state index is 12.6. The number of H-pyrrole nitrogens is 1. The van der Waals surface area contributed by atoms with Crippen LogP contribution in [0.3, 0.4) is 0 Å². The topological polar surface area (TPSA) is 118 Å². The van der Waals surface area contributed by atoms with Crippen LogP contribution in [0.15, 0.2) is 15.6 Å². The molecule has 1 saturated heterocycles. The average molecular weight is 329 g/mol. The molecule has 8 nitrogen and oxygen atoms in total. The SMILES string of the molecule is Cc1ocnc1C(=O)N1CCC2(CCc3c2nc(N)[nH]c3=O)CC1. The fourth-order valence-corrected chi connectivity index (χ4v) is 3.95. The Hall–Kier alpha value is -2.64. The van der Waals surface area contributed by atoms with E-state index in [2.05, 4.69) is 15.0 Å². The molecule has 2 aromatic heterocycles. The highest BCUT2D eigenvalue weighted by molar-refractivity contribution is 5.93. The molecule has 126 valence electrons. The molecule has 0 aromatic carbocycles. The molecule has 4 rings (SSSR count). The van der Waals surface area contributed by atoms with E-state index in [1.54, 1.807) is 11.8 Å². The van der Waals surface area contributed by atoms with Crippen LogP contribution >= 0.6 is 0 Å². The van der Waals surface area contributed by atoms with E-state index in [9.17, 15) is 9.59 Å². The summed E-state index contributed by atoms with van der Waals surface area (Å²) in [5, 5.41) is 0. The van der Waals surface area contributed by atoms with Crippen molar-refractivity contribution >= 4 is 11.9 Å². The van der Waals surface area contributed by atoms with Gasteiger partial charge in [-0.2, -0.15) is 0 Å². The molecular weight excluding hydrogens is 310 g/mol. The van der Waals surface area contributed by atoms with Crippen molar-refractivity contribution in [3.8, 4) is 0 Å². The quantitative estimate of drug-likeness (QED) is 0.798. The lowest BCUT2D eigenvalue weighted by molar-refractivity contribution is 0.0656. The molecule has 8 heteroatoms. The van der Waals surface area contributed by atoms with Crippen molar-refractivity contribution in [3.05, 3.63) is 39.5 Å². The minimum absolute atomic E-state index is 0.104. The van der Waals surface area contributed by atoms with Gasteiger partial charge in [0.25, 0.3) is 11.5 Å². The maximum Gasteiger partial charge on any atom is 0.276 e. The zero-order valence-corrected chi connectivity index (χ0v) is 13.5. The minimum atomic E-state index is -0.145. The number of carbonyl (C=O) groups is 1. The fourth-order valence-electron chi connectivity index (χ4n) is 3.95. The number of nitrogens with one attached hydrogen (secondary N) is 1. The zero-order valence-electron chi connectivity index (χ0n) is 13.5. The van der Waals surface area contributed by atoms with Gasteiger partial charge in [0, 0.05) is 24.1 Å². The van der Waals surface area contributed by atoms with Crippen LogP contribution in [0, 0.1) is 6.92 Å². The summed E-state index contributed by atoms with van der Waals surface area (Å²) in [6.07, 6.45) is 4.44. The molecule has 2 aliphatic rings. The Morgan fingerprint density at radius 3 is 2.79 bits per heavy atom. The van der Waals surface area contributed by atoms with E-state index in [4.69, 9.17) is 10.2 Å². The van der Waals surface area contributed by atoms with Crippen molar-refractivity contribution in [2.45, 2.75) is 38.0 Å². The zero-order chi connectivity index (χ0) is 16.9. The van der Waals surface area contributed by atoms with Gasteiger partial charge in [-0.25, -0.2) is 9.97 Å². The molecule has 0 radical (unpaired) electrons. The first-order valence-electron chi connectivity index (χ1n) is 8.09. The molecule has 2 aromatic rings. The van der Waals surface area contributed by atoms with E-state index in [0.717, 1.165) is 30.5 Å². The Bertz CT molecular complexity index is 861. The summed E-state index contributed by atoms with van der Waals surface area (Å²) in [5.74, 6) is 0.594. The maximum absolute atomic E-state index is 12.6. The van der Waals surface area contributed by atoms with E-state index >= 15 is 0 Å². The van der Waals surface area contributed by atoms with E-state index < -0.39 is 0 Å². The standard InChI is InChI=1S/C16H19N5O3/c1-9-11(18-8-24-9)14(23)21-6-4-16(5-7-21)3-2-10-12(16)19-15(17)20-13(10)22/h8H,2-7H2,1H3,(H3,17,19,20,22). The largest absolute Gasteiger partial charge is 0.448 e. The van der Waals surface area contributed by atoms with Gasteiger partial charge in [0.2, 0.25) is 5.95 Å². The number of oxazole rings is 1. The van der Waals surface area contributed by atoms with Crippen molar-refractivity contribution < 1.29 is 9.21 Å². The Morgan fingerprint density at radius 1 is 1.38 bits per heavy atom. The molecule has 3 heterocycles. The van der Waals surface area contributed by atoms with Crippen LogP contribution in [0.2, 0.25) is 0 Å². The average Bonchev–Trinajstić information content (AvgIpc) is 3.13. The number of carbonyl (C=O) groups excluding carboxylic acids is 1. The van der Waals surface area contributed by atoms with Crippen LogP contribution in [0.1, 0.15) is 46.8 Å². The Balaban J connectivity index is 1.57. The smallest absolute Gasteiger partial charge is 0.276 e. The fraction of sp³-hybridized carbons (Fsp3) is 0.500. The molecule has 24 heavy (non-hydrogen) atoms. The van der Waals surface area contributed by atoms with Crippen molar-refractivity contribution in [1.29, 1.82) is 0 Å². The molecule has 1 aliphatic carbocycles. The van der Waals surface area contributed by atoms with Gasteiger partial charge >= 0.3 is 0 Å². The van der Waals surface area contributed by atoms with Crippen LogP contribution in [0.25, 0.3) is 0 Å². The molecule has 1 aliphatic heterocycles. The van der Waals surface area contributed by atoms with E-state index in [1.807, 2.05) is 0 Å².